The standard InChI is InChI=1S/C24H25F4N7O4/c1-34(2)9-10-35(3)19-8-5-14(24(26,27)28)11-18(19)31-21(36)16-12-15(6-7-17(16)25)39-23-30-13-29-20(32-23)22(37)33-38-4/h5-8,11-13H,9-10H2,1-4H3,(H,31,36)(H,33,37). The Labute approximate surface area is 220 Å². The van der Waals surface area contributed by atoms with Gasteiger partial charge in [-0.15, -0.1) is 0 Å². The first-order chi connectivity index (χ1) is 18.4. The van der Waals surface area contributed by atoms with Gasteiger partial charge in [0.2, 0.25) is 5.82 Å². The second kappa shape index (κ2) is 12.4. The molecule has 0 aliphatic carbocycles. The Hall–Kier alpha value is -4.37. The molecule has 2 N–H and O–H groups in total. The molecule has 0 saturated heterocycles. The van der Waals surface area contributed by atoms with Crippen LogP contribution in [-0.2, 0) is 11.0 Å². The van der Waals surface area contributed by atoms with Gasteiger partial charge in [0.15, 0.2) is 0 Å². The second-order valence-electron chi connectivity index (χ2n) is 8.38. The summed E-state index contributed by atoms with van der Waals surface area (Å²) >= 11 is 0. The maximum absolute atomic E-state index is 14.6. The fourth-order valence-corrected chi connectivity index (χ4v) is 3.23. The van der Waals surface area contributed by atoms with Gasteiger partial charge in [-0.1, -0.05) is 0 Å². The van der Waals surface area contributed by atoms with Crippen LogP contribution in [0.25, 0.3) is 0 Å². The average molecular weight is 552 g/mol. The third-order valence-corrected chi connectivity index (χ3v) is 5.21. The molecule has 0 aliphatic rings. The number of aromatic nitrogens is 3. The number of hydrogen-bond donors (Lipinski definition) is 2. The maximum Gasteiger partial charge on any atom is 0.416 e. The van der Waals surface area contributed by atoms with Crippen LogP contribution in [0.1, 0.15) is 26.5 Å². The van der Waals surface area contributed by atoms with E-state index < -0.39 is 34.9 Å². The fourth-order valence-electron chi connectivity index (χ4n) is 3.23. The SMILES string of the molecule is CONC(=O)c1ncnc(Oc2ccc(F)c(C(=O)Nc3cc(C(F)(F)F)ccc3N(C)CCN(C)C)c2)n1. The number of alkyl halides is 3. The van der Waals surface area contributed by atoms with Crippen LogP contribution >= 0.6 is 0 Å². The monoisotopic (exact) mass is 551 g/mol. The van der Waals surface area contributed by atoms with Gasteiger partial charge in [-0.3, -0.25) is 14.4 Å². The summed E-state index contributed by atoms with van der Waals surface area (Å²) in [6.45, 7) is 1.03. The molecule has 39 heavy (non-hydrogen) atoms. The number of carbonyl (C=O) groups is 2. The predicted molar refractivity (Wildman–Crippen MR) is 132 cm³/mol. The van der Waals surface area contributed by atoms with Gasteiger partial charge >= 0.3 is 18.1 Å². The van der Waals surface area contributed by atoms with E-state index in [1.807, 2.05) is 24.5 Å². The number of ether oxygens (including phenoxy) is 1. The highest BCUT2D eigenvalue weighted by Gasteiger charge is 2.31. The number of hydrogen-bond acceptors (Lipinski definition) is 9. The molecule has 208 valence electrons. The highest BCUT2D eigenvalue weighted by atomic mass is 19.4. The van der Waals surface area contributed by atoms with Crippen molar-refractivity contribution in [3.8, 4) is 11.8 Å². The number of likely N-dealkylation sites (N-methyl/N-ethyl adjacent to an activating group) is 2. The number of nitrogens with zero attached hydrogens (tertiary/aromatic N) is 5. The van der Waals surface area contributed by atoms with Crippen molar-refractivity contribution in [2.24, 2.45) is 0 Å². The van der Waals surface area contributed by atoms with Crippen LogP contribution in [-0.4, -0.2) is 73.0 Å². The van der Waals surface area contributed by atoms with Gasteiger partial charge in [-0.05, 0) is 50.5 Å². The lowest BCUT2D eigenvalue weighted by Gasteiger charge is -2.25. The lowest BCUT2D eigenvalue weighted by molar-refractivity contribution is -0.137. The van der Waals surface area contributed by atoms with Crippen LogP contribution in [0.3, 0.4) is 0 Å². The van der Waals surface area contributed by atoms with E-state index in [1.54, 1.807) is 11.9 Å². The van der Waals surface area contributed by atoms with Crippen molar-refractivity contribution in [2.75, 3.05) is 51.6 Å². The number of rotatable bonds is 10. The molecule has 0 atom stereocenters. The van der Waals surface area contributed by atoms with E-state index >= 15 is 0 Å². The molecule has 2 aromatic carbocycles. The van der Waals surface area contributed by atoms with Crippen molar-refractivity contribution in [2.45, 2.75) is 6.18 Å². The average Bonchev–Trinajstić information content (AvgIpc) is 2.88. The van der Waals surface area contributed by atoms with Crippen molar-refractivity contribution < 1.29 is 36.7 Å². The van der Waals surface area contributed by atoms with E-state index in [4.69, 9.17) is 4.74 Å². The van der Waals surface area contributed by atoms with E-state index in [2.05, 4.69) is 25.1 Å². The molecular weight excluding hydrogens is 526 g/mol. The third-order valence-electron chi connectivity index (χ3n) is 5.21. The third kappa shape index (κ3) is 7.81. The summed E-state index contributed by atoms with van der Waals surface area (Å²) in [6.07, 6.45) is -3.67. The summed E-state index contributed by atoms with van der Waals surface area (Å²) in [5.41, 5.74) is 0.666. The fraction of sp³-hybridized carbons (Fsp3) is 0.292. The summed E-state index contributed by atoms with van der Waals surface area (Å²) in [5.74, 6) is -3.17. The number of anilines is 2. The zero-order valence-corrected chi connectivity index (χ0v) is 21.3. The van der Waals surface area contributed by atoms with E-state index in [0.717, 1.165) is 30.6 Å². The molecule has 3 aromatic rings. The quantitative estimate of drug-likeness (QED) is 0.289. The minimum absolute atomic E-state index is 0.0850. The summed E-state index contributed by atoms with van der Waals surface area (Å²) < 4.78 is 60.3. The number of benzene rings is 2. The number of amides is 2. The summed E-state index contributed by atoms with van der Waals surface area (Å²) in [4.78, 5) is 44.1. The zero-order valence-electron chi connectivity index (χ0n) is 21.3. The van der Waals surface area contributed by atoms with E-state index in [0.29, 0.717) is 18.8 Å². The topological polar surface area (TPSA) is 122 Å². The van der Waals surface area contributed by atoms with Crippen molar-refractivity contribution in [1.82, 2.24) is 25.3 Å². The summed E-state index contributed by atoms with van der Waals surface area (Å²) in [6, 6.07) is 5.72. The molecule has 0 saturated carbocycles. The van der Waals surface area contributed by atoms with Crippen LogP contribution in [0.2, 0.25) is 0 Å². The normalized spacial score (nSPS) is 11.3. The van der Waals surface area contributed by atoms with Crippen LogP contribution in [0.5, 0.6) is 11.8 Å². The van der Waals surface area contributed by atoms with Crippen LogP contribution < -0.4 is 20.4 Å². The molecule has 0 unspecified atom stereocenters. The number of hydroxylamine groups is 1. The minimum Gasteiger partial charge on any atom is -0.424 e. The predicted octanol–water partition coefficient (Wildman–Crippen LogP) is 3.36. The molecule has 0 aliphatic heterocycles. The van der Waals surface area contributed by atoms with Crippen molar-refractivity contribution in [1.29, 1.82) is 0 Å². The highest BCUT2D eigenvalue weighted by molar-refractivity contribution is 6.06. The highest BCUT2D eigenvalue weighted by Crippen LogP contribution is 2.35. The van der Waals surface area contributed by atoms with E-state index in [9.17, 15) is 27.2 Å². The number of carbonyl (C=O) groups excluding carboxylic acids is 2. The van der Waals surface area contributed by atoms with E-state index in [-0.39, 0.29) is 23.3 Å². The maximum atomic E-state index is 14.6. The van der Waals surface area contributed by atoms with Gasteiger partial charge in [0.1, 0.15) is 17.9 Å². The molecule has 2 amide bonds. The molecule has 1 heterocycles. The lowest BCUT2D eigenvalue weighted by atomic mass is 10.1. The number of nitrogens with one attached hydrogen (secondary N) is 2. The minimum atomic E-state index is -4.66. The molecule has 0 bridgehead atoms. The Balaban J connectivity index is 1.89. The smallest absolute Gasteiger partial charge is 0.416 e. The van der Waals surface area contributed by atoms with Crippen LogP contribution in [0.4, 0.5) is 28.9 Å². The van der Waals surface area contributed by atoms with Crippen molar-refractivity contribution >= 4 is 23.2 Å². The first-order valence-electron chi connectivity index (χ1n) is 11.3. The lowest BCUT2D eigenvalue weighted by Crippen LogP contribution is -2.29. The zero-order chi connectivity index (χ0) is 28.7. The molecule has 11 nitrogen and oxygen atoms in total. The Morgan fingerprint density at radius 3 is 2.41 bits per heavy atom. The van der Waals surface area contributed by atoms with Crippen LogP contribution in [0, 0.1) is 5.82 Å². The molecule has 1 aromatic heterocycles. The van der Waals surface area contributed by atoms with Gasteiger partial charge in [0.25, 0.3) is 5.91 Å². The largest absolute Gasteiger partial charge is 0.424 e. The Bertz CT molecular complexity index is 1340. The Morgan fingerprint density at radius 2 is 1.74 bits per heavy atom. The second-order valence-corrected chi connectivity index (χ2v) is 8.38. The molecule has 0 fully saturated rings. The summed E-state index contributed by atoms with van der Waals surface area (Å²) in [5, 5.41) is 2.38. The molecular formula is C24H25F4N7O4. The number of halogens is 4. The Morgan fingerprint density at radius 1 is 1.00 bits per heavy atom. The molecule has 15 heteroatoms. The van der Waals surface area contributed by atoms with Crippen molar-refractivity contribution in [3.05, 3.63) is 65.5 Å². The van der Waals surface area contributed by atoms with Crippen molar-refractivity contribution in [3.63, 3.8) is 0 Å². The Kier molecular flexibility index (Phi) is 9.32. The van der Waals surface area contributed by atoms with Gasteiger partial charge < -0.3 is 19.9 Å². The first kappa shape index (κ1) is 29.2. The van der Waals surface area contributed by atoms with Gasteiger partial charge in [0, 0.05) is 20.1 Å². The first-order valence-corrected chi connectivity index (χ1v) is 11.3. The van der Waals surface area contributed by atoms with Gasteiger partial charge in [-0.25, -0.2) is 14.9 Å². The summed E-state index contributed by atoms with van der Waals surface area (Å²) in [7, 11) is 6.55. The van der Waals surface area contributed by atoms with Gasteiger partial charge in [-0.2, -0.15) is 23.1 Å². The molecule has 3 rings (SSSR count). The van der Waals surface area contributed by atoms with E-state index in [1.165, 1.54) is 19.2 Å². The van der Waals surface area contributed by atoms with Gasteiger partial charge in [0.05, 0.1) is 29.6 Å². The van der Waals surface area contributed by atoms with Crippen LogP contribution in [0.15, 0.2) is 42.7 Å². The molecule has 0 spiro atoms. The molecule has 0 radical (unpaired) electrons.